The van der Waals surface area contributed by atoms with E-state index in [1.807, 2.05) is 19.9 Å². The minimum Gasteiger partial charge on any atom is -0.482 e. The minimum absolute atomic E-state index is 0.210. The van der Waals surface area contributed by atoms with E-state index in [2.05, 4.69) is 10.5 Å². The fourth-order valence-electron chi connectivity index (χ4n) is 3.00. The second-order valence-electron chi connectivity index (χ2n) is 8.85. The zero-order chi connectivity index (χ0) is 25.5. The largest absolute Gasteiger partial charge is 0.482 e. The smallest absolute Gasteiger partial charge is 0.344 e. The van der Waals surface area contributed by atoms with Gasteiger partial charge in [0.2, 0.25) is 10.0 Å². The monoisotopic (exact) mass is 489 g/mol. The molecule has 0 bridgehead atoms. The predicted octanol–water partition coefficient (Wildman–Crippen LogP) is 2.94. The average molecular weight is 490 g/mol. The van der Waals surface area contributed by atoms with Gasteiger partial charge in [-0.2, -0.15) is 5.10 Å². The molecule has 2 aromatic rings. The van der Waals surface area contributed by atoms with Gasteiger partial charge in [-0.3, -0.25) is 9.10 Å². The van der Waals surface area contributed by atoms with Gasteiger partial charge in [0.25, 0.3) is 5.91 Å². The van der Waals surface area contributed by atoms with Crippen molar-refractivity contribution in [3.63, 3.8) is 0 Å². The summed E-state index contributed by atoms with van der Waals surface area (Å²) in [6.45, 7) is 8.43. The Bertz CT molecular complexity index is 1130. The number of hydrogen-bond donors (Lipinski definition) is 1. The van der Waals surface area contributed by atoms with Gasteiger partial charge in [-0.15, -0.1) is 0 Å². The van der Waals surface area contributed by atoms with Gasteiger partial charge in [0.05, 0.1) is 18.2 Å². The summed E-state index contributed by atoms with van der Waals surface area (Å²) in [7, 11) is -3.68. The number of hydrogen-bond acceptors (Lipinski definition) is 7. The van der Waals surface area contributed by atoms with E-state index < -0.39 is 34.0 Å². The van der Waals surface area contributed by atoms with Crippen molar-refractivity contribution in [2.75, 3.05) is 23.7 Å². The number of rotatable bonds is 9. The first-order valence-electron chi connectivity index (χ1n) is 10.6. The van der Waals surface area contributed by atoms with Crippen LogP contribution in [0.15, 0.2) is 47.6 Å². The molecule has 0 fully saturated rings. The lowest BCUT2D eigenvalue weighted by Gasteiger charge is -2.22. The molecule has 0 atom stereocenters. The van der Waals surface area contributed by atoms with Crippen molar-refractivity contribution >= 4 is 33.8 Å². The summed E-state index contributed by atoms with van der Waals surface area (Å²) in [6.07, 6.45) is 2.46. The van der Waals surface area contributed by atoms with Gasteiger partial charge in [-0.05, 0) is 87.7 Å². The van der Waals surface area contributed by atoms with Gasteiger partial charge in [-0.1, -0.05) is 6.07 Å². The quantitative estimate of drug-likeness (QED) is 0.329. The highest BCUT2D eigenvalue weighted by molar-refractivity contribution is 7.92. The number of aryl methyl sites for hydroxylation is 2. The van der Waals surface area contributed by atoms with Gasteiger partial charge in [-0.25, -0.2) is 18.6 Å². The summed E-state index contributed by atoms with van der Waals surface area (Å²) in [5.74, 6) is -0.577. The van der Waals surface area contributed by atoms with Crippen LogP contribution in [-0.4, -0.2) is 51.5 Å². The number of esters is 1. The molecule has 34 heavy (non-hydrogen) atoms. The summed E-state index contributed by atoms with van der Waals surface area (Å²) in [4.78, 5) is 24.1. The lowest BCUT2D eigenvalue weighted by molar-refractivity contribution is -0.157. The third-order valence-corrected chi connectivity index (χ3v) is 5.38. The first-order valence-corrected chi connectivity index (χ1v) is 12.4. The predicted molar refractivity (Wildman–Crippen MR) is 132 cm³/mol. The molecule has 9 nitrogen and oxygen atoms in total. The summed E-state index contributed by atoms with van der Waals surface area (Å²) in [5.41, 5.74) is 4.62. The van der Waals surface area contributed by atoms with E-state index in [0.29, 0.717) is 17.0 Å². The Labute approximate surface area is 200 Å². The molecule has 184 valence electrons. The third kappa shape index (κ3) is 9.22. The van der Waals surface area contributed by atoms with Crippen LogP contribution in [0.25, 0.3) is 0 Å². The molecular formula is C24H31N3O6S. The minimum atomic E-state index is -3.68. The number of amides is 1. The molecular weight excluding hydrogens is 458 g/mol. The SMILES string of the molecule is Cc1cc(C)cc(N(CC(=O)N/N=C\c2ccc(OCC(=O)OC(C)(C)C)cc2)S(C)(=O)=O)c1. The van der Waals surface area contributed by atoms with Crippen molar-refractivity contribution in [3.05, 3.63) is 59.2 Å². The molecule has 0 aliphatic carbocycles. The Hall–Kier alpha value is -3.40. The van der Waals surface area contributed by atoms with Gasteiger partial charge >= 0.3 is 5.97 Å². The second-order valence-corrected chi connectivity index (χ2v) is 10.8. The van der Waals surface area contributed by atoms with Crippen molar-refractivity contribution in [2.24, 2.45) is 5.10 Å². The molecule has 0 radical (unpaired) electrons. The van der Waals surface area contributed by atoms with Crippen LogP contribution in [0, 0.1) is 13.8 Å². The van der Waals surface area contributed by atoms with Crippen molar-refractivity contribution in [1.82, 2.24) is 5.43 Å². The number of anilines is 1. The summed E-state index contributed by atoms with van der Waals surface area (Å²) in [5, 5.41) is 3.89. The summed E-state index contributed by atoms with van der Waals surface area (Å²) >= 11 is 0. The first-order chi connectivity index (χ1) is 15.7. The van der Waals surface area contributed by atoms with E-state index in [9.17, 15) is 18.0 Å². The van der Waals surface area contributed by atoms with E-state index in [1.54, 1.807) is 57.2 Å². The zero-order valence-electron chi connectivity index (χ0n) is 20.3. The van der Waals surface area contributed by atoms with Gasteiger partial charge in [0.1, 0.15) is 17.9 Å². The van der Waals surface area contributed by atoms with Gasteiger partial charge in [0, 0.05) is 0 Å². The number of ether oxygens (including phenoxy) is 2. The molecule has 0 unspecified atom stereocenters. The lowest BCUT2D eigenvalue weighted by Crippen LogP contribution is -2.39. The Morgan fingerprint density at radius 3 is 2.18 bits per heavy atom. The molecule has 0 spiro atoms. The number of hydrazone groups is 1. The molecule has 0 saturated carbocycles. The van der Waals surface area contributed by atoms with E-state index >= 15 is 0 Å². The number of carbonyl (C=O) groups is 2. The maximum absolute atomic E-state index is 12.3. The number of nitrogens with zero attached hydrogens (tertiary/aromatic N) is 2. The highest BCUT2D eigenvalue weighted by Crippen LogP contribution is 2.21. The number of sulfonamides is 1. The molecule has 2 rings (SSSR count). The number of carbonyl (C=O) groups excluding carboxylic acids is 2. The summed E-state index contributed by atoms with van der Waals surface area (Å²) < 4.78 is 36.1. The molecule has 1 amide bonds. The van der Waals surface area contributed by atoms with Crippen LogP contribution in [-0.2, 0) is 24.3 Å². The van der Waals surface area contributed by atoms with Crippen molar-refractivity contribution < 1.29 is 27.5 Å². The molecule has 0 saturated heterocycles. The topological polar surface area (TPSA) is 114 Å². The average Bonchev–Trinajstić information content (AvgIpc) is 2.68. The second kappa shape index (κ2) is 11.1. The normalized spacial score (nSPS) is 11.8. The van der Waals surface area contributed by atoms with E-state index in [4.69, 9.17) is 9.47 Å². The Balaban J connectivity index is 1.94. The van der Waals surface area contributed by atoms with Crippen molar-refractivity contribution in [1.29, 1.82) is 0 Å². The van der Waals surface area contributed by atoms with Crippen LogP contribution >= 0.6 is 0 Å². The molecule has 1 N–H and O–H groups in total. The third-order valence-electron chi connectivity index (χ3n) is 4.24. The highest BCUT2D eigenvalue weighted by Gasteiger charge is 2.21. The Morgan fingerprint density at radius 2 is 1.65 bits per heavy atom. The van der Waals surface area contributed by atoms with Crippen LogP contribution < -0.4 is 14.5 Å². The van der Waals surface area contributed by atoms with Gasteiger partial charge < -0.3 is 9.47 Å². The fraction of sp³-hybridized carbons (Fsp3) is 0.375. The fourth-order valence-corrected chi connectivity index (χ4v) is 3.84. The molecule has 10 heteroatoms. The van der Waals surface area contributed by atoms with Crippen molar-refractivity contribution in [2.45, 2.75) is 40.2 Å². The van der Waals surface area contributed by atoms with Crippen molar-refractivity contribution in [3.8, 4) is 5.75 Å². The highest BCUT2D eigenvalue weighted by atomic mass is 32.2. The van der Waals surface area contributed by atoms with Crippen LogP contribution in [0.4, 0.5) is 5.69 Å². The Kier molecular flexibility index (Phi) is 8.80. The molecule has 0 heterocycles. The first kappa shape index (κ1) is 26.8. The standard InChI is InChI=1S/C24H31N3O6S/c1-17-11-18(2)13-20(12-17)27(34(6,30)31)15-22(28)26-25-14-19-7-9-21(10-8-19)32-16-23(29)33-24(3,4)5/h7-14H,15-16H2,1-6H3,(H,26,28)/b25-14-. The van der Waals surface area contributed by atoms with Crippen LogP contribution in [0.1, 0.15) is 37.5 Å². The number of benzene rings is 2. The Morgan fingerprint density at radius 1 is 1.06 bits per heavy atom. The molecule has 2 aromatic carbocycles. The molecule has 0 aromatic heterocycles. The number of nitrogens with one attached hydrogen (secondary N) is 1. The van der Waals surface area contributed by atoms with Crippen LogP contribution in [0.2, 0.25) is 0 Å². The van der Waals surface area contributed by atoms with Crippen LogP contribution in [0.5, 0.6) is 5.75 Å². The summed E-state index contributed by atoms with van der Waals surface area (Å²) in [6, 6.07) is 12.0. The van der Waals surface area contributed by atoms with E-state index in [1.165, 1.54) is 6.21 Å². The maximum atomic E-state index is 12.3. The van der Waals surface area contributed by atoms with Gasteiger partial charge in [0.15, 0.2) is 6.61 Å². The lowest BCUT2D eigenvalue weighted by atomic mass is 10.1. The van der Waals surface area contributed by atoms with E-state index in [-0.39, 0.29) is 6.61 Å². The maximum Gasteiger partial charge on any atom is 0.344 e. The molecule has 0 aliphatic heterocycles. The van der Waals surface area contributed by atoms with Crippen LogP contribution in [0.3, 0.4) is 0 Å². The molecule has 0 aliphatic rings. The zero-order valence-corrected chi connectivity index (χ0v) is 21.1. The van der Waals surface area contributed by atoms with E-state index in [0.717, 1.165) is 21.7 Å².